The van der Waals surface area contributed by atoms with Crippen LogP contribution in [0.4, 0.5) is 0 Å². The number of nitrogens with one attached hydrogen (secondary N) is 1. The second-order valence-electron chi connectivity index (χ2n) is 4.16. The lowest BCUT2D eigenvalue weighted by atomic mass is 10.0. The van der Waals surface area contributed by atoms with Gasteiger partial charge >= 0.3 is 0 Å². The summed E-state index contributed by atoms with van der Waals surface area (Å²) >= 11 is 18.0. The van der Waals surface area contributed by atoms with Gasteiger partial charge in [-0.2, -0.15) is 0 Å². The molecule has 0 saturated heterocycles. The molecule has 2 rings (SSSR count). The van der Waals surface area contributed by atoms with E-state index in [0.717, 1.165) is 23.0 Å². The summed E-state index contributed by atoms with van der Waals surface area (Å²) in [6, 6.07) is 7.70. The van der Waals surface area contributed by atoms with E-state index in [1.54, 1.807) is 11.3 Å². The van der Waals surface area contributed by atoms with Gasteiger partial charge in [-0.3, -0.25) is 0 Å². The SMILES string of the molecule is CCCNC(c1sccc1Br)c1c(Cl)cccc1Cl. The van der Waals surface area contributed by atoms with E-state index in [9.17, 15) is 0 Å². The van der Waals surface area contributed by atoms with Crippen molar-refractivity contribution >= 4 is 50.5 Å². The predicted octanol–water partition coefficient (Wildman–Crippen LogP) is 5.91. The topological polar surface area (TPSA) is 12.0 Å². The van der Waals surface area contributed by atoms with Crippen molar-refractivity contribution in [2.24, 2.45) is 0 Å². The fraction of sp³-hybridized carbons (Fsp3) is 0.286. The van der Waals surface area contributed by atoms with Crippen molar-refractivity contribution in [1.82, 2.24) is 5.32 Å². The lowest BCUT2D eigenvalue weighted by Crippen LogP contribution is -2.23. The quantitative estimate of drug-likeness (QED) is 0.682. The van der Waals surface area contributed by atoms with E-state index < -0.39 is 0 Å². The monoisotopic (exact) mass is 377 g/mol. The first-order valence-electron chi connectivity index (χ1n) is 6.05. The van der Waals surface area contributed by atoms with Crippen LogP contribution in [0.15, 0.2) is 34.1 Å². The number of halogens is 3. The lowest BCUT2D eigenvalue weighted by Gasteiger charge is -2.21. The molecule has 1 nitrogen and oxygen atoms in total. The zero-order valence-electron chi connectivity index (χ0n) is 10.4. The standard InChI is InChI=1S/C14H14BrCl2NS/c1-2-7-18-13(14-9(15)6-8-19-14)12-10(16)4-3-5-11(12)17/h3-6,8,13,18H,2,7H2,1H3. The van der Waals surface area contributed by atoms with Crippen LogP contribution >= 0.6 is 50.5 Å². The highest BCUT2D eigenvalue weighted by atomic mass is 79.9. The number of benzene rings is 1. The first kappa shape index (κ1) is 15.3. The highest BCUT2D eigenvalue weighted by Crippen LogP contribution is 2.39. The summed E-state index contributed by atoms with van der Waals surface area (Å²) in [6.45, 7) is 3.05. The first-order chi connectivity index (χ1) is 9.15. The van der Waals surface area contributed by atoms with E-state index in [1.165, 1.54) is 4.88 Å². The van der Waals surface area contributed by atoms with Crippen molar-refractivity contribution in [2.45, 2.75) is 19.4 Å². The molecule has 1 aromatic carbocycles. The predicted molar refractivity (Wildman–Crippen MR) is 88.6 cm³/mol. The van der Waals surface area contributed by atoms with Crippen LogP contribution in [-0.4, -0.2) is 6.54 Å². The average molecular weight is 379 g/mol. The molecule has 0 bridgehead atoms. The van der Waals surface area contributed by atoms with Gasteiger partial charge in [0.15, 0.2) is 0 Å². The molecule has 0 aliphatic heterocycles. The van der Waals surface area contributed by atoms with Gasteiger partial charge in [-0.15, -0.1) is 11.3 Å². The molecule has 0 aliphatic carbocycles. The van der Waals surface area contributed by atoms with Crippen LogP contribution in [0.1, 0.15) is 29.8 Å². The van der Waals surface area contributed by atoms with E-state index in [1.807, 2.05) is 24.3 Å². The number of thiophene rings is 1. The Kier molecular flexibility index (Phi) is 5.72. The summed E-state index contributed by atoms with van der Waals surface area (Å²) in [5.74, 6) is 0. The van der Waals surface area contributed by atoms with Gasteiger partial charge in [0, 0.05) is 25.0 Å². The van der Waals surface area contributed by atoms with E-state index in [4.69, 9.17) is 23.2 Å². The van der Waals surface area contributed by atoms with E-state index in [2.05, 4.69) is 33.6 Å². The minimum absolute atomic E-state index is 0.0236. The third kappa shape index (κ3) is 3.53. The number of hydrogen-bond donors (Lipinski definition) is 1. The van der Waals surface area contributed by atoms with Crippen LogP contribution in [0, 0.1) is 0 Å². The van der Waals surface area contributed by atoms with E-state index in [-0.39, 0.29) is 6.04 Å². The van der Waals surface area contributed by atoms with Gasteiger partial charge in [-0.25, -0.2) is 0 Å². The van der Waals surface area contributed by atoms with Gasteiger partial charge in [0.2, 0.25) is 0 Å². The Morgan fingerprint density at radius 1 is 1.26 bits per heavy atom. The van der Waals surface area contributed by atoms with Gasteiger partial charge in [0.25, 0.3) is 0 Å². The molecule has 1 heterocycles. The van der Waals surface area contributed by atoms with Crippen LogP contribution in [0.3, 0.4) is 0 Å². The largest absolute Gasteiger partial charge is 0.305 e. The molecule has 102 valence electrons. The zero-order valence-corrected chi connectivity index (χ0v) is 14.3. The normalized spacial score (nSPS) is 12.6. The molecule has 5 heteroatoms. The maximum Gasteiger partial charge on any atom is 0.0711 e. The smallest absolute Gasteiger partial charge is 0.0711 e. The molecular weight excluding hydrogens is 365 g/mol. The second kappa shape index (κ2) is 7.09. The summed E-state index contributed by atoms with van der Waals surface area (Å²) in [5.41, 5.74) is 0.947. The summed E-state index contributed by atoms with van der Waals surface area (Å²) < 4.78 is 1.09. The van der Waals surface area contributed by atoms with Crippen molar-refractivity contribution in [3.8, 4) is 0 Å². The van der Waals surface area contributed by atoms with Gasteiger partial charge in [0.1, 0.15) is 0 Å². The molecule has 0 aliphatic rings. The molecule has 0 saturated carbocycles. The molecule has 1 unspecified atom stereocenters. The van der Waals surface area contributed by atoms with E-state index >= 15 is 0 Å². The Hall–Kier alpha value is -0.0600. The fourth-order valence-electron chi connectivity index (χ4n) is 1.91. The Bertz CT molecular complexity index is 536. The van der Waals surface area contributed by atoms with Gasteiger partial charge < -0.3 is 5.32 Å². The van der Waals surface area contributed by atoms with Gasteiger partial charge in [0.05, 0.1) is 6.04 Å². The van der Waals surface area contributed by atoms with Crippen LogP contribution < -0.4 is 5.32 Å². The van der Waals surface area contributed by atoms with Crippen LogP contribution in [-0.2, 0) is 0 Å². The molecule has 1 aromatic heterocycles. The summed E-state index contributed by atoms with van der Waals surface area (Å²) in [7, 11) is 0. The lowest BCUT2D eigenvalue weighted by molar-refractivity contribution is 0.605. The molecule has 2 aromatic rings. The first-order valence-corrected chi connectivity index (χ1v) is 8.48. The highest BCUT2D eigenvalue weighted by molar-refractivity contribution is 9.10. The van der Waals surface area contributed by atoms with Crippen molar-refractivity contribution < 1.29 is 0 Å². The third-order valence-corrected chi connectivity index (χ3v) is 5.39. The Labute approximate surface area is 136 Å². The fourth-order valence-corrected chi connectivity index (χ4v) is 4.21. The summed E-state index contributed by atoms with van der Waals surface area (Å²) in [4.78, 5) is 1.20. The molecule has 0 radical (unpaired) electrons. The Morgan fingerprint density at radius 3 is 2.47 bits per heavy atom. The number of rotatable bonds is 5. The second-order valence-corrected chi connectivity index (χ2v) is 6.77. The third-order valence-electron chi connectivity index (χ3n) is 2.79. The number of hydrogen-bond acceptors (Lipinski definition) is 2. The molecular formula is C14H14BrCl2NS. The molecule has 0 spiro atoms. The van der Waals surface area contributed by atoms with Crippen LogP contribution in [0.2, 0.25) is 10.0 Å². The summed E-state index contributed by atoms with van der Waals surface area (Å²) in [5, 5.41) is 6.97. The molecule has 1 atom stereocenters. The minimum Gasteiger partial charge on any atom is -0.305 e. The van der Waals surface area contributed by atoms with Crippen molar-refractivity contribution in [3.05, 3.63) is 54.6 Å². The Morgan fingerprint density at radius 2 is 1.95 bits per heavy atom. The minimum atomic E-state index is 0.0236. The van der Waals surface area contributed by atoms with Crippen molar-refractivity contribution in [2.75, 3.05) is 6.54 Å². The molecule has 0 fully saturated rings. The zero-order chi connectivity index (χ0) is 13.8. The van der Waals surface area contributed by atoms with Crippen LogP contribution in [0.5, 0.6) is 0 Å². The molecule has 1 N–H and O–H groups in total. The van der Waals surface area contributed by atoms with Crippen molar-refractivity contribution in [3.63, 3.8) is 0 Å². The Balaban J connectivity index is 2.46. The highest BCUT2D eigenvalue weighted by Gasteiger charge is 2.22. The maximum atomic E-state index is 6.34. The molecule has 0 amide bonds. The average Bonchev–Trinajstić information content (AvgIpc) is 2.79. The summed E-state index contributed by atoms with van der Waals surface area (Å²) in [6.07, 6.45) is 1.06. The van der Waals surface area contributed by atoms with Crippen LogP contribution in [0.25, 0.3) is 0 Å². The van der Waals surface area contributed by atoms with Gasteiger partial charge in [-0.05, 0) is 52.5 Å². The molecule has 19 heavy (non-hydrogen) atoms. The van der Waals surface area contributed by atoms with E-state index in [0.29, 0.717) is 10.0 Å². The maximum absolute atomic E-state index is 6.34. The van der Waals surface area contributed by atoms with Crippen molar-refractivity contribution in [1.29, 1.82) is 0 Å². The van der Waals surface area contributed by atoms with Gasteiger partial charge in [-0.1, -0.05) is 36.2 Å².